The zero-order chi connectivity index (χ0) is 22.8. The van der Waals surface area contributed by atoms with Gasteiger partial charge in [-0.1, -0.05) is 0 Å². The predicted molar refractivity (Wildman–Crippen MR) is 112 cm³/mol. The number of nitrogens with one attached hydrogen (secondary N) is 2. The second-order valence-corrected chi connectivity index (χ2v) is 7.85. The molecule has 32 heavy (non-hydrogen) atoms. The lowest BCUT2D eigenvalue weighted by molar-refractivity contribution is -0.141. The minimum absolute atomic E-state index is 0.0376. The fourth-order valence-electron chi connectivity index (χ4n) is 3.85. The molecule has 0 atom stereocenters. The fraction of sp³-hybridized carbons (Fsp3) is 0.304. The molecule has 3 N–H and O–H groups in total. The monoisotopic (exact) mass is 445 g/mol. The first-order chi connectivity index (χ1) is 15.3. The number of hydrogen-bond acceptors (Lipinski definition) is 3. The maximum Gasteiger partial charge on any atom is 0.224 e. The Morgan fingerprint density at radius 1 is 1.06 bits per heavy atom. The molecule has 0 saturated carbocycles. The topological polar surface area (TPSA) is 85.4 Å². The van der Waals surface area contributed by atoms with Crippen molar-refractivity contribution in [1.82, 2.24) is 15.2 Å². The molecule has 2 amide bonds. The van der Waals surface area contributed by atoms with E-state index in [2.05, 4.69) is 10.3 Å². The molecule has 1 aromatic heterocycles. The molecule has 1 saturated heterocycles. The van der Waals surface area contributed by atoms with Crippen LogP contribution in [0.25, 0.3) is 22.2 Å². The van der Waals surface area contributed by atoms with Gasteiger partial charge in [0.2, 0.25) is 11.8 Å². The van der Waals surface area contributed by atoms with E-state index < -0.39 is 23.6 Å². The van der Waals surface area contributed by atoms with Gasteiger partial charge in [0, 0.05) is 49.6 Å². The highest BCUT2D eigenvalue weighted by Gasteiger charge is 2.28. The average Bonchev–Trinajstić information content (AvgIpc) is 3.09. The van der Waals surface area contributed by atoms with Crippen LogP contribution in [0.4, 0.5) is 13.2 Å². The third-order valence-electron chi connectivity index (χ3n) is 5.54. The number of H-pyrrole nitrogens is 1. The van der Waals surface area contributed by atoms with Gasteiger partial charge >= 0.3 is 0 Å². The van der Waals surface area contributed by atoms with Gasteiger partial charge in [0.15, 0.2) is 0 Å². The van der Waals surface area contributed by atoms with E-state index in [1.807, 2.05) is 0 Å². The van der Waals surface area contributed by atoms with Crippen molar-refractivity contribution in [2.75, 3.05) is 19.6 Å². The van der Waals surface area contributed by atoms with Gasteiger partial charge in [0.05, 0.1) is 11.6 Å². The number of carbonyl (C=O) groups is 2. The number of nitrogens with zero attached hydrogens (tertiary/aromatic N) is 1. The minimum atomic E-state index is -0.756. The van der Waals surface area contributed by atoms with Crippen molar-refractivity contribution in [2.24, 2.45) is 0 Å². The van der Waals surface area contributed by atoms with Crippen LogP contribution in [0, 0.1) is 17.5 Å². The zero-order valence-corrected chi connectivity index (χ0v) is 17.1. The number of benzene rings is 2. The van der Waals surface area contributed by atoms with Crippen molar-refractivity contribution in [1.29, 1.82) is 0 Å². The number of halogens is 3. The highest BCUT2D eigenvalue weighted by atomic mass is 19.1. The SMILES string of the molecule is O=C(CCc1c(-c2ccc(F)cc2)[nH]c2c(F)cc(F)cc12)NCCC(=O)N1CC(O)C1. The lowest BCUT2D eigenvalue weighted by Crippen LogP contribution is -2.53. The molecule has 0 aliphatic carbocycles. The molecule has 1 aliphatic heterocycles. The minimum Gasteiger partial charge on any atom is -0.389 e. The van der Waals surface area contributed by atoms with Gasteiger partial charge in [-0.25, -0.2) is 13.2 Å². The Morgan fingerprint density at radius 3 is 2.47 bits per heavy atom. The molecule has 0 spiro atoms. The molecule has 2 aromatic carbocycles. The maximum atomic E-state index is 14.3. The summed E-state index contributed by atoms with van der Waals surface area (Å²) in [6, 6.07) is 7.56. The highest BCUT2D eigenvalue weighted by molar-refractivity contribution is 5.92. The van der Waals surface area contributed by atoms with Crippen LogP contribution in [0.5, 0.6) is 0 Å². The summed E-state index contributed by atoms with van der Waals surface area (Å²) in [5, 5.41) is 12.2. The van der Waals surface area contributed by atoms with E-state index in [0.717, 1.165) is 6.07 Å². The number of amides is 2. The summed E-state index contributed by atoms with van der Waals surface area (Å²) in [6.45, 7) is 0.783. The first kappa shape index (κ1) is 21.9. The van der Waals surface area contributed by atoms with Crippen LogP contribution in [0.3, 0.4) is 0 Å². The van der Waals surface area contributed by atoms with E-state index in [0.29, 0.717) is 35.3 Å². The van der Waals surface area contributed by atoms with Gasteiger partial charge in [-0.2, -0.15) is 0 Å². The fourth-order valence-corrected chi connectivity index (χ4v) is 3.85. The number of aliphatic hydroxyl groups is 1. The smallest absolute Gasteiger partial charge is 0.224 e. The normalized spacial score (nSPS) is 13.9. The van der Waals surface area contributed by atoms with Crippen LogP contribution in [0.1, 0.15) is 18.4 Å². The van der Waals surface area contributed by atoms with Gasteiger partial charge < -0.3 is 20.3 Å². The Bertz CT molecular complexity index is 1150. The quantitative estimate of drug-likeness (QED) is 0.523. The standard InChI is InChI=1S/C23H22F3N3O3/c24-14-3-1-13(2-4-14)22-17(18-9-15(25)10-19(26)23(18)28-22)5-6-20(31)27-8-7-21(32)29-11-16(30)12-29/h1-4,9-10,16,28,30H,5-8,11-12H2,(H,27,31). The van der Waals surface area contributed by atoms with E-state index in [4.69, 9.17) is 0 Å². The Balaban J connectivity index is 1.46. The summed E-state index contributed by atoms with van der Waals surface area (Å²) in [6.07, 6.45) is -0.124. The largest absolute Gasteiger partial charge is 0.389 e. The molecule has 6 nitrogen and oxygen atoms in total. The van der Waals surface area contributed by atoms with Gasteiger partial charge in [-0.3, -0.25) is 9.59 Å². The summed E-state index contributed by atoms with van der Waals surface area (Å²) in [5.41, 5.74) is 1.73. The Labute approximate surface area is 182 Å². The molecule has 0 bridgehead atoms. The molecule has 3 aromatic rings. The average molecular weight is 445 g/mol. The third-order valence-corrected chi connectivity index (χ3v) is 5.54. The molecule has 4 rings (SSSR count). The number of hydrogen-bond donors (Lipinski definition) is 3. The predicted octanol–water partition coefficient (Wildman–Crippen LogP) is 2.89. The number of aromatic amines is 1. The summed E-state index contributed by atoms with van der Waals surface area (Å²) in [5.74, 6) is -2.37. The molecular weight excluding hydrogens is 423 g/mol. The second kappa shape index (κ2) is 9.04. The number of aromatic nitrogens is 1. The Hall–Kier alpha value is -3.33. The zero-order valence-electron chi connectivity index (χ0n) is 17.1. The van der Waals surface area contributed by atoms with Crippen LogP contribution in [-0.4, -0.2) is 52.5 Å². The molecule has 168 valence electrons. The van der Waals surface area contributed by atoms with Crippen LogP contribution in [0.2, 0.25) is 0 Å². The van der Waals surface area contributed by atoms with E-state index in [1.165, 1.54) is 35.2 Å². The van der Waals surface area contributed by atoms with E-state index >= 15 is 0 Å². The summed E-state index contributed by atoms with van der Waals surface area (Å²) >= 11 is 0. The lowest BCUT2D eigenvalue weighted by atomic mass is 10.0. The second-order valence-electron chi connectivity index (χ2n) is 7.85. The van der Waals surface area contributed by atoms with Crippen molar-refractivity contribution >= 4 is 22.7 Å². The number of fused-ring (bicyclic) bond motifs is 1. The number of aryl methyl sites for hydroxylation is 1. The highest BCUT2D eigenvalue weighted by Crippen LogP contribution is 2.33. The first-order valence-electron chi connectivity index (χ1n) is 10.3. The van der Waals surface area contributed by atoms with Crippen molar-refractivity contribution in [3.63, 3.8) is 0 Å². The molecule has 2 heterocycles. The number of rotatable bonds is 7. The molecular formula is C23H22F3N3O3. The van der Waals surface area contributed by atoms with Crippen LogP contribution in [0.15, 0.2) is 36.4 Å². The van der Waals surface area contributed by atoms with Gasteiger partial charge in [-0.15, -0.1) is 0 Å². The first-order valence-corrected chi connectivity index (χ1v) is 10.3. The van der Waals surface area contributed by atoms with E-state index in [9.17, 15) is 27.9 Å². The van der Waals surface area contributed by atoms with Crippen LogP contribution < -0.4 is 5.32 Å². The summed E-state index contributed by atoms with van der Waals surface area (Å²) in [7, 11) is 0. The van der Waals surface area contributed by atoms with Crippen LogP contribution in [-0.2, 0) is 16.0 Å². The van der Waals surface area contributed by atoms with Gasteiger partial charge in [-0.05, 0) is 47.9 Å². The van der Waals surface area contributed by atoms with Crippen molar-refractivity contribution in [2.45, 2.75) is 25.4 Å². The van der Waals surface area contributed by atoms with E-state index in [-0.39, 0.29) is 43.1 Å². The van der Waals surface area contributed by atoms with Crippen LogP contribution >= 0.6 is 0 Å². The van der Waals surface area contributed by atoms with Crippen molar-refractivity contribution in [3.05, 3.63) is 59.4 Å². The van der Waals surface area contributed by atoms with Crippen molar-refractivity contribution in [3.8, 4) is 11.3 Å². The van der Waals surface area contributed by atoms with Gasteiger partial charge in [0.25, 0.3) is 0 Å². The summed E-state index contributed by atoms with van der Waals surface area (Å²) in [4.78, 5) is 28.7. The number of β-amino-alcohol motifs (C(OH)–C–C–N with tert-alkyl or cyclic N) is 1. The maximum absolute atomic E-state index is 14.3. The molecule has 9 heteroatoms. The Morgan fingerprint density at radius 2 is 1.78 bits per heavy atom. The number of aliphatic hydroxyl groups excluding tert-OH is 1. The Kier molecular flexibility index (Phi) is 6.18. The van der Waals surface area contributed by atoms with Crippen molar-refractivity contribution < 1.29 is 27.9 Å². The number of likely N-dealkylation sites (tertiary alicyclic amines) is 1. The third kappa shape index (κ3) is 4.62. The number of carbonyl (C=O) groups excluding carboxylic acids is 2. The molecule has 0 unspecified atom stereocenters. The lowest BCUT2D eigenvalue weighted by Gasteiger charge is -2.35. The molecule has 0 radical (unpaired) electrons. The molecule has 1 fully saturated rings. The summed E-state index contributed by atoms with van der Waals surface area (Å²) < 4.78 is 41.5. The molecule has 1 aliphatic rings. The van der Waals surface area contributed by atoms with E-state index in [1.54, 1.807) is 0 Å². The van der Waals surface area contributed by atoms with Gasteiger partial charge in [0.1, 0.15) is 17.5 Å².